The average molecular weight is 210 g/mol. The van der Waals surface area contributed by atoms with Crippen LogP contribution in [0.4, 0.5) is 10.1 Å². The zero-order valence-electron chi connectivity index (χ0n) is 9.17. The summed E-state index contributed by atoms with van der Waals surface area (Å²) < 4.78 is 13.0. The van der Waals surface area contributed by atoms with Crippen molar-refractivity contribution in [3.05, 3.63) is 29.6 Å². The predicted octanol–water partition coefficient (Wildman–Crippen LogP) is 1.63. The molecular formula is C11H15FN2O. The van der Waals surface area contributed by atoms with Gasteiger partial charge in [0.1, 0.15) is 5.82 Å². The van der Waals surface area contributed by atoms with Gasteiger partial charge in [-0.3, -0.25) is 4.79 Å². The van der Waals surface area contributed by atoms with Gasteiger partial charge in [-0.1, -0.05) is 0 Å². The molecule has 0 aliphatic rings. The van der Waals surface area contributed by atoms with Crippen LogP contribution in [0.2, 0.25) is 0 Å². The highest BCUT2D eigenvalue weighted by Gasteiger charge is 2.03. The van der Waals surface area contributed by atoms with Crippen molar-refractivity contribution in [1.29, 1.82) is 0 Å². The summed E-state index contributed by atoms with van der Waals surface area (Å²) in [5.41, 5.74) is 1.46. The van der Waals surface area contributed by atoms with E-state index in [4.69, 9.17) is 0 Å². The van der Waals surface area contributed by atoms with Crippen molar-refractivity contribution in [3.8, 4) is 0 Å². The van der Waals surface area contributed by atoms with E-state index in [2.05, 4.69) is 5.32 Å². The van der Waals surface area contributed by atoms with Gasteiger partial charge in [-0.15, -0.1) is 0 Å². The maximum absolute atomic E-state index is 13.0. The Morgan fingerprint density at radius 2 is 2.07 bits per heavy atom. The van der Waals surface area contributed by atoms with Crippen LogP contribution >= 0.6 is 0 Å². The fraction of sp³-hybridized carbons (Fsp3) is 0.364. The molecule has 1 N–H and O–H groups in total. The van der Waals surface area contributed by atoms with Crippen LogP contribution in [0.3, 0.4) is 0 Å². The minimum absolute atomic E-state index is 0.0445. The summed E-state index contributed by atoms with van der Waals surface area (Å²) in [5.74, 6) is -0.341. The Kier molecular flexibility index (Phi) is 3.66. The standard InChI is InChI=1S/C11H15FN2O/c1-8-4-9(12)6-10(5-8)13-7-11(15)14(2)3/h4-6,13H,7H2,1-3H3. The summed E-state index contributed by atoms with van der Waals surface area (Å²) in [6, 6.07) is 4.61. The van der Waals surface area contributed by atoms with E-state index in [1.165, 1.54) is 17.0 Å². The third-order valence-corrected chi connectivity index (χ3v) is 1.98. The maximum atomic E-state index is 13.0. The molecule has 0 spiro atoms. The molecule has 82 valence electrons. The van der Waals surface area contributed by atoms with Gasteiger partial charge < -0.3 is 10.2 Å². The number of amides is 1. The van der Waals surface area contributed by atoms with Gasteiger partial charge in [0.2, 0.25) is 5.91 Å². The van der Waals surface area contributed by atoms with E-state index >= 15 is 0 Å². The first kappa shape index (κ1) is 11.5. The lowest BCUT2D eigenvalue weighted by Crippen LogP contribution is -2.28. The van der Waals surface area contributed by atoms with Crippen molar-refractivity contribution < 1.29 is 9.18 Å². The quantitative estimate of drug-likeness (QED) is 0.822. The fourth-order valence-electron chi connectivity index (χ4n) is 1.17. The Bertz CT molecular complexity index is 343. The van der Waals surface area contributed by atoms with Crippen LogP contribution in [0, 0.1) is 12.7 Å². The van der Waals surface area contributed by atoms with Gasteiger partial charge in [0, 0.05) is 19.8 Å². The van der Waals surface area contributed by atoms with Crippen molar-refractivity contribution >= 4 is 11.6 Å². The molecule has 1 aromatic rings. The predicted molar refractivity (Wildman–Crippen MR) is 58.3 cm³/mol. The van der Waals surface area contributed by atoms with E-state index in [-0.39, 0.29) is 18.3 Å². The average Bonchev–Trinajstić information content (AvgIpc) is 2.12. The molecule has 0 aromatic heterocycles. The second kappa shape index (κ2) is 4.77. The van der Waals surface area contributed by atoms with Crippen molar-refractivity contribution in [2.75, 3.05) is 26.0 Å². The number of anilines is 1. The van der Waals surface area contributed by atoms with E-state index < -0.39 is 0 Å². The van der Waals surface area contributed by atoms with Crippen LogP contribution in [0.1, 0.15) is 5.56 Å². The molecule has 0 radical (unpaired) electrons. The number of aryl methyl sites for hydroxylation is 1. The van der Waals surface area contributed by atoms with Gasteiger partial charge in [0.05, 0.1) is 6.54 Å². The van der Waals surface area contributed by atoms with Crippen LogP contribution in [0.25, 0.3) is 0 Å². The highest BCUT2D eigenvalue weighted by Crippen LogP contribution is 2.12. The second-order valence-electron chi connectivity index (χ2n) is 3.66. The molecule has 0 aliphatic heterocycles. The minimum Gasteiger partial charge on any atom is -0.376 e. The van der Waals surface area contributed by atoms with Gasteiger partial charge in [-0.2, -0.15) is 0 Å². The topological polar surface area (TPSA) is 32.3 Å². The molecule has 3 nitrogen and oxygen atoms in total. The van der Waals surface area contributed by atoms with E-state index in [9.17, 15) is 9.18 Å². The molecule has 0 unspecified atom stereocenters. The zero-order chi connectivity index (χ0) is 11.4. The first-order valence-corrected chi connectivity index (χ1v) is 4.70. The summed E-state index contributed by atoms with van der Waals surface area (Å²) in [7, 11) is 3.36. The zero-order valence-corrected chi connectivity index (χ0v) is 9.17. The third kappa shape index (κ3) is 3.58. The molecule has 1 rings (SSSR count). The monoisotopic (exact) mass is 210 g/mol. The van der Waals surface area contributed by atoms with Crippen molar-refractivity contribution in [1.82, 2.24) is 4.90 Å². The summed E-state index contributed by atoms with van der Waals surface area (Å²) in [4.78, 5) is 12.7. The number of hydrogen-bond acceptors (Lipinski definition) is 2. The molecule has 0 saturated heterocycles. The molecule has 15 heavy (non-hydrogen) atoms. The molecule has 0 saturated carbocycles. The van der Waals surface area contributed by atoms with Crippen LogP contribution < -0.4 is 5.32 Å². The fourth-order valence-corrected chi connectivity index (χ4v) is 1.17. The van der Waals surface area contributed by atoms with Crippen LogP contribution in [0.5, 0.6) is 0 Å². The maximum Gasteiger partial charge on any atom is 0.241 e. The number of halogens is 1. The molecule has 4 heteroatoms. The number of nitrogens with zero attached hydrogens (tertiary/aromatic N) is 1. The second-order valence-corrected chi connectivity index (χ2v) is 3.66. The molecule has 0 aliphatic carbocycles. The Labute approximate surface area is 88.9 Å². The molecule has 1 amide bonds. The normalized spacial score (nSPS) is 9.87. The lowest BCUT2D eigenvalue weighted by molar-refractivity contribution is -0.126. The Balaban J connectivity index is 2.61. The van der Waals surface area contributed by atoms with Crippen molar-refractivity contribution in [3.63, 3.8) is 0 Å². The number of rotatable bonds is 3. The molecule has 0 heterocycles. The largest absolute Gasteiger partial charge is 0.376 e. The van der Waals surface area contributed by atoms with E-state index in [0.29, 0.717) is 5.69 Å². The van der Waals surface area contributed by atoms with Crippen LogP contribution in [-0.2, 0) is 4.79 Å². The van der Waals surface area contributed by atoms with Gasteiger partial charge in [-0.25, -0.2) is 4.39 Å². The van der Waals surface area contributed by atoms with Gasteiger partial charge in [0.15, 0.2) is 0 Å². The number of carbonyl (C=O) groups excluding carboxylic acids is 1. The smallest absolute Gasteiger partial charge is 0.241 e. The van der Waals surface area contributed by atoms with Crippen LogP contribution in [-0.4, -0.2) is 31.4 Å². The Hall–Kier alpha value is -1.58. The minimum atomic E-state index is -0.296. The number of hydrogen-bond donors (Lipinski definition) is 1. The number of likely N-dealkylation sites (N-methyl/N-ethyl adjacent to an activating group) is 1. The summed E-state index contributed by atoms with van der Waals surface area (Å²) in [6.45, 7) is 1.98. The lowest BCUT2D eigenvalue weighted by atomic mass is 10.2. The highest BCUT2D eigenvalue weighted by atomic mass is 19.1. The van der Waals surface area contributed by atoms with Crippen molar-refractivity contribution in [2.45, 2.75) is 6.92 Å². The van der Waals surface area contributed by atoms with Gasteiger partial charge in [0.25, 0.3) is 0 Å². The summed E-state index contributed by atoms with van der Waals surface area (Å²) >= 11 is 0. The summed E-state index contributed by atoms with van der Waals surface area (Å²) in [6.07, 6.45) is 0. The number of nitrogens with one attached hydrogen (secondary N) is 1. The van der Waals surface area contributed by atoms with E-state index in [1.54, 1.807) is 20.2 Å². The first-order valence-electron chi connectivity index (χ1n) is 4.70. The van der Waals surface area contributed by atoms with E-state index in [1.807, 2.05) is 6.92 Å². The number of benzene rings is 1. The molecule has 0 fully saturated rings. The molecule has 1 aromatic carbocycles. The molecule has 0 atom stereocenters. The Morgan fingerprint density at radius 1 is 1.40 bits per heavy atom. The van der Waals surface area contributed by atoms with Gasteiger partial charge >= 0.3 is 0 Å². The van der Waals surface area contributed by atoms with Crippen LogP contribution in [0.15, 0.2) is 18.2 Å². The van der Waals surface area contributed by atoms with Crippen molar-refractivity contribution in [2.24, 2.45) is 0 Å². The molecular weight excluding hydrogens is 195 g/mol. The SMILES string of the molecule is Cc1cc(F)cc(NCC(=O)N(C)C)c1. The third-order valence-electron chi connectivity index (χ3n) is 1.98. The Morgan fingerprint density at radius 3 is 2.60 bits per heavy atom. The van der Waals surface area contributed by atoms with Gasteiger partial charge in [-0.05, 0) is 30.7 Å². The summed E-state index contributed by atoms with van der Waals surface area (Å²) in [5, 5.41) is 2.88. The molecule has 0 bridgehead atoms. The lowest BCUT2D eigenvalue weighted by Gasteiger charge is -2.12. The highest BCUT2D eigenvalue weighted by molar-refractivity contribution is 5.80. The number of carbonyl (C=O) groups is 1. The first-order chi connectivity index (χ1) is 6.99. The van der Waals surface area contributed by atoms with E-state index in [0.717, 1.165) is 5.56 Å².